The number of amides is 1. The fraction of sp³-hybridized carbons (Fsp3) is 0.222. The van der Waals surface area contributed by atoms with Crippen molar-refractivity contribution in [1.29, 1.82) is 5.26 Å². The van der Waals surface area contributed by atoms with Gasteiger partial charge in [-0.2, -0.15) is 10.4 Å². The standard InChI is InChI=1S/C18H14N8O3/c19-6-10-1-4-25-14(5-10)12(7-21-25)15-20-8-13-16(23-15)26(17(27)22-13)11-2-3-24(9-11)18(28)29/h1,4-5,7-8,11H,2-3,9H2,(H,22,27)(H,28,29). The lowest BCUT2D eigenvalue weighted by Crippen LogP contribution is -2.29. The number of pyridine rings is 1. The topological polar surface area (TPSA) is 145 Å². The number of aromatic nitrogens is 6. The summed E-state index contributed by atoms with van der Waals surface area (Å²) in [6.45, 7) is 0.589. The van der Waals surface area contributed by atoms with Gasteiger partial charge in [0, 0.05) is 19.3 Å². The molecule has 0 aromatic carbocycles. The third-order valence-electron chi connectivity index (χ3n) is 5.15. The Balaban J connectivity index is 1.64. The maximum atomic E-state index is 12.5. The van der Waals surface area contributed by atoms with Crippen LogP contribution in [0.3, 0.4) is 0 Å². The van der Waals surface area contributed by atoms with Gasteiger partial charge in [-0.25, -0.2) is 24.1 Å². The van der Waals surface area contributed by atoms with Gasteiger partial charge in [0.05, 0.1) is 41.1 Å². The molecule has 0 spiro atoms. The summed E-state index contributed by atoms with van der Waals surface area (Å²) in [5, 5.41) is 22.6. The Morgan fingerprint density at radius 3 is 3.00 bits per heavy atom. The van der Waals surface area contributed by atoms with Gasteiger partial charge in [0.25, 0.3) is 0 Å². The van der Waals surface area contributed by atoms with Gasteiger partial charge in [-0.1, -0.05) is 0 Å². The third kappa shape index (κ3) is 2.61. The van der Waals surface area contributed by atoms with E-state index >= 15 is 0 Å². The van der Waals surface area contributed by atoms with Gasteiger partial charge in [0.1, 0.15) is 5.52 Å². The first-order valence-electron chi connectivity index (χ1n) is 8.88. The summed E-state index contributed by atoms with van der Waals surface area (Å²) >= 11 is 0. The van der Waals surface area contributed by atoms with E-state index in [9.17, 15) is 14.7 Å². The fourth-order valence-corrected chi connectivity index (χ4v) is 3.73. The first kappa shape index (κ1) is 16.9. The van der Waals surface area contributed by atoms with Crippen LogP contribution in [0.15, 0.2) is 35.5 Å². The van der Waals surface area contributed by atoms with E-state index in [0.717, 1.165) is 0 Å². The molecule has 1 atom stereocenters. The summed E-state index contributed by atoms with van der Waals surface area (Å²) < 4.78 is 3.12. The molecule has 1 aliphatic heterocycles. The number of H-pyrrole nitrogens is 1. The molecule has 144 valence electrons. The van der Waals surface area contributed by atoms with E-state index in [1.807, 2.05) is 0 Å². The van der Waals surface area contributed by atoms with Crippen LogP contribution in [-0.2, 0) is 0 Å². The zero-order valence-corrected chi connectivity index (χ0v) is 15.0. The SMILES string of the molecule is N#Cc1ccn2ncc(-c3ncc4[nH]c(=O)n(C5CCN(C(=O)O)C5)c4n3)c2c1. The van der Waals surface area contributed by atoms with Gasteiger partial charge < -0.3 is 15.0 Å². The van der Waals surface area contributed by atoms with E-state index in [2.05, 4.69) is 26.1 Å². The normalized spacial score (nSPS) is 16.5. The maximum absolute atomic E-state index is 12.5. The fourth-order valence-electron chi connectivity index (χ4n) is 3.73. The number of nitriles is 1. The van der Waals surface area contributed by atoms with Crippen molar-refractivity contribution in [3.8, 4) is 17.5 Å². The molecule has 0 bridgehead atoms. The summed E-state index contributed by atoms with van der Waals surface area (Å²) in [6, 6.07) is 5.15. The van der Waals surface area contributed by atoms with E-state index in [1.54, 1.807) is 29.0 Å². The lowest BCUT2D eigenvalue weighted by molar-refractivity contribution is 0.154. The van der Waals surface area contributed by atoms with Crippen molar-refractivity contribution >= 4 is 22.8 Å². The molecule has 0 radical (unpaired) electrons. The second kappa shape index (κ2) is 6.16. The molecule has 1 aliphatic rings. The van der Waals surface area contributed by atoms with Crippen LogP contribution in [0.5, 0.6) is 0 Å². The van der Waals surface area contributed by atoms with Crippen molar-refractivity contribution in [2.45, 2.75) is 12.5 Å². The first-order chi connectivity index (χ1) is 14.0. The van der Waals surface area contributed by atoms with Gasteiger partial charge in [-0.3, -0.25) is 4.57 Å². The third-order valence-corrected chi connectivity index (χ3v) is 5.15. The van der Waals surface area contributed by atoms with Crippen LogP contribution >= 0.6 is 0 Å². The van der Waals surface area contributed by atoms with Crippen molar-refractivity contribution in [1.82, 2.24) is 34.0 Å². The van der Waals surface area contributed by atoms with Crippen LogP contribution in [0, 0.1) is 11.3 Å². The molecule has 1 fully saturated rings. The minimum absolute atomic E-state index is 0.226. The molecule has 29 heavy (non-hydrogen) atoms. The average Bonchev–Trinajstić information content (AvgIpc) is 3.42. The van der Waals surface area contributed by atoms with E-state index in [0.29, 0.717) is 46.6 Å². The second-order valence-electron chi connectivity index (χ2n) is 6.82. The zero-order valence-electron chi connectivity index (χ0n) is 15.0. The van der Waals surface area contributed by atoms with E-state index in [-0.39, 0.29) is 18.3 Å². The minimum Gasteiger partial charge on any atom is -0.465 e. The van der Waals surface area contributed by atoms with Crippen LogP contribution in [0.2, 0.25) is 0 Å². The Labute approximate surface area is 162 Å². The number of hydrogen-bond acceptors (Lipinski definition) is 6. The lowest BCUT2D eigenvalue weighted by atomic mass is 10.2. The summed E-state index contributed by atoms with van der Waals surface area (Å²) in [4.78, 5) is 36.7. The number of carbonyl (C=O) groups is 1. The summed E-state index contributed by atoms with van der Waals surface area (Å²) in [5.74, 6) is 0.364. The minimum atomic E-state index is -1.00. The number of likely N-dealkylation sites (tertiary alicyclic amines) is 1. The van der Waals surface area contributed by atoms with Crippen molar-refractivity contribution in [2.75, 3.05) is 13.1 Å². The van der Waals surface area contributed by atoms with Gasteiger partial charge in [-0.05, 0) is 18.6 Å². The number of rotatable bonds is 2. The molecule has 11 nitrogen and oxygen atoms in total. The summed E-state index contributed by atoms with van der Waals surface area (Å²) in [5.41, 5.74) is 2.32. The molecule has 5 heterocycles. The molecule has 4 aromatic rings. The molecule has 0 saturated carbocycles. The Morgan fingerprint density at radius 1 is 1.38 bits per heavy atom. The first-order valence-corrected chi connectivity index (χ1v) is 8.88. The van der Waals surface area contributed by atoms with Gasteiger partial charge in [0.2, 0.25) is 0 Å². The van der Waals surface area contributed by atoms with Crippen molar-refractivity contribution < 1.29 is 9.90 Å². The molecule has 1 amide bonds. The predicted octanol–water partition coefficient (Wildman–Crippen LogP) is 1.23. The number of nitrogens with zero attached hydrogens (tertiary/aromatic N) is 7. The van der Waals surface area contributed by atoms with Crippen LogP contribution in [-0.4, -0.2) is 58.3 Å². The Morgan fingerprint density at radius 2 is 2.24 bits per heavy atom. The van der Waals surface area contributed by atoms with Crippen molar-refractivity contribution in [2.24, 2.45) is 0 Å². The number of aromatic amines is 1. The molecule has 4 aromatic heterocycles. The predicted molar refractivity (Wildman–Crippen MR) is 100 cm³/mol. The van der Waals surface area contributed by atoms with Crippen molar-refractivity contribution in [3.05, 3.63) is 46.8 Å². The molecular formula is C18H14N8O3. The van der Waals surface area contributed by atoms with E-state index in [4.69, 9.17) is 5.26 Å². The molecule has 5 rings (SSSR count). The largest absolute Gasteiger partial charge is 0.465 e. The Hall–Kier alpha value is -4.20. The molecular weight excluding hydrogens is 376 g/mol. The molecule has 1 unspecified atom stereocenters. The second-order valence-corrected chi connectivity index (χ2v) is 6.82. The maximum Gasteiger partial charge on any atom is 0.407 e. The van der Waals surface area contributed by atoms with Crippen LogP contribution < -0.4 is 5.69 Å². The lowest BCUT2D eigenvalue weighted by Gasteiger charge is -2.13. The molecule has 11 heteroatoms. The van der Waals surface area contributed by atoms with Crippen molar-refractivity contribution in [3.63, 3.8) is 0 Å². The number of fused-ring (bicyclic) bond motifs is 2. The molecule has 0 aliphatic carbocycles. The zero-order chi connectivity index (χ0) is 20.1. The Bertz CT molecular complexity index is 1380. The highest BCUT2D eigenvalue weighted by Gasteiger charge is 2.30. The highest BCUT2D eigenvalue weighted by molar-refractivity contribution is 5.80. The van der Waals surface area contributed by atoms with Gasteiger partial charge in [-0.15, -0.1) is 0 Å². The van der Waals surface area contributed by atoms with Crippen LogP contribution in [0.4, 0.5) is 4.79 Å². The summed E-state index contributed by atoms with van der Waals surface area (Å²) in [7, 11) is 0. The number of nitrogens with one attached hydrogen (secondary N) is 1. The van der Waals surface area contributed by atoms with E-state index in [1.165, 1.54) is 15.7 Å². The molecule has 1 saturated heterocycles. The Kier molecular flexibility index (Phi) is 3.60. The number of carboxylic acid groups (broad SMARTS) is 1. The van der Waals surface area contributed by atoms with Gasteiger partial charge >= 0.3 is 11.8 Å². The number of hydrogen-bond donors (Lipinski definition) is 2. The average molecular weight is 390 g/mol. The van der Waals surface area contributed by atoms with Crippen LogP contribution in [0.25, 0.3) is 28.1 Å². The highest BCUT2D eigenvalue weighted by atomic mass is 16.4. The van der Waals surface area contributed by atoms with Crippen LogP contribution in [0.1, 0.15) is 18.0 Å². The highest BCUT2D eigenvalue weighted by Crippen LogP contribution is 2.26. The molecule has 2 N–H and O–H groups in total. The quantitative estimate of drug-likeness (QED) is 0.523. The monoisotopic (exact) mass is 390 g/mol. The van der Waals surface area contributed by atoms with Gasteiger partial charge in [0.15, 0.2) is 11.5 Å². The summed E-state index contributed by atoms with van der Waals surface area (Å²) in [6.07, 6.45) is 4.34. The number of imidazole rings is 1. The van der Waals surface area contributed by atoms with E-state index < -0.39 is 6.09 Å². The smallest absolute Gasteiger partial charge is 0.407 e.